The van der Waals surface area contributed by atoms with Crippen molar-refractivity contribution in [2.75, 3.05) is 6.61 Å². The largest absolute Gasteiger partial charge is 0.396 e. The molecule has 0 aliphatic heterocycles. The molecular weight excluding hydrogens is 270 g/mol. The molecule has 2 rings (SSSR count). The van der Waals surface area contributed by atoms with Crippen molar-refractivity contribution in [2.24, 2.45) is 0 Å². The molecule has 6 heteroatoms. The highest BCUT2D eigenvalue weighted by Crippen LogP contribution is 2.19. The molecule has 0 aliphatic carbocycles. The average Bonchev–Trinajstić information content (AvgIpc) is 2.95. The van der Waals surface area contributed by atoms with Gasteiger partial charge in [-0.2, -0.15) is 0 Å². The molecular formula is C15H19N3O3. The molecule has 0 spiro atoms. The summed E-state index contributed by atoms with van der Waals surface area (Å²) in [4.78, 5) is 11.6. The van der Waals surface area contributed by atoms with Gasteiger partial charge in [-0.05, 0) is 13.3 Å². The lowest BCUT2D eigenvalue weighted by Crippen LogP contribution is -2.40. The fourth-order valence-electron chi connectivity index (χ4n) is 1.85. The number of aliphatic hydroxyl groups excluding tert-OH is 1. The molecule has 0 radical (unpaired) electrons. The van der Waals surface area contributed by atoms with Gasteiger partial charge in [0, 0.05) is 24.3 Å². The second-order valence-corrected chi connectivity index (χ2v) is 4.79. The van der Waals surface area contributed by atoms with Gasteiger partial charge in [-0.25, -0.2) is 4.79 Å². The summed E-state index contributed by atoms with van der Waals surface area (Å²) in [5, 5.41) is 18.1. The second kappa shape index (κ2) is 7.44. The van der Waals surface area contributed by atoms with Crippen molar-refractivity contribution in [3.8, 4) is 11.3 Å². The zero-order valence-electron chi connectivity index (χ0n) is 11.9. The van der Waals surface area contributed by atoms with Crippen LogP contribution in [0.15, 0.2) is 40.9 Å². The van der Waals surface area contributed by atoms with Crippen molar-refractivity contribution in [3.63, 3.8) is 0 Å². The third-order valence-electron chi connectivity index (χ3n) is 2.99. The number of aromatic nitrogens is 1. The molecule has 6 nitrogen and oxygen atoms in total. The van der Waals surface area contributed by atoms with E-state index < -0.39 is 0 Å². The maximum Gasteiger partial charge on any atom is 0.315 e. The minimum atomic E-state index is -0.291. The van der Waals surface area contributed by atoms with Crippen molar-refractivity contribution in [2.45, 2.75) is 25.9 Å². The molecule has 0 saturated heterocycles. The molecule has 1 atom stereocenters. The van der Waals surface area contributed by atoms with E-state index in [0.717, 1.165) is 5.56 Å². The smallest absolute Gasteiger partial charge is 0.315 e. The fourth-order valence-corrected chi connectivity index (χ4v) is 1.85. The molecule has 1 aromatic carbocycles. The van der Waals surface area contributed by atoms with Crippen molar-refractivity contribution in [3.05, 3.63) is 42.1 Å². The molecule has 1 aromatic heterocycles. The second-order valence-electron chi connectivity index (χ2n) is 4.79. The normalized spacial score (nSPS) is 11.9. The summed E-state index contributed by atoms with van der Waals surface area (Å²) in [6.45, 7) is 2.17. The summed E-state index contributed by atoms with van der Waals surface area (Å²) in [6.07, 6.45) is 0.523. The Morgan fingerprint density at radius 1 is 1.38 bits per heavy atom. The molecule has 0 bridgehead atoms. The molecule has 2 amide bonds. The van der Waals surface area contributed by atoms with Gasteiger partial charge in [0.1, 0.15) is 5.69 Å². The molecule has 3 N–H and O–H groups in total. The Balaban J connectivity index is 1.84. The molecule has 112 valence electrons. The molecule has 0 aliphatic rings. The van der Waals surface area contributed by atoms with Crippen LogP contribution in [0.25, 0.3) is 11.3 Å². The molecule has 21 heavy (non-hydrogen) atoms. The van der Waals surface area contributed by atoms with Gasteiger partial charge in [0.05, 0.1) is 6.54 Å². The maximum atomic E-state index is 11.6. The summed E-state index contributed by atoms with van der Waals surface area (Å²) >= 11 is 0. The van der Waals surface area contributed by atoms with E-state index in [9.17, 15) is 4.79 Å². The van der Waals surface area contributed by atoms with E-state index in [2.05, 4.69) is 15.8 Å². The lowest BCUT2D eigenvalue weighted by molar-refractivity contribution is 0.230. The average molecular weight is 289 g/mol. The monoisotopic (exact) mass is 289 g/mol. The third-order valence-corrected chi connectivity index (χ3v) is 2.99. The van der Waals surface area contributed by atoms with Gasteiger partial charge in [-0.3, -0.25) is 0 Å². The topological polar surface area (TPSA) is 87.4 Å². The van der Waals surface area contributed by atoms with Crippen LogP contribution in [0.4, 0.5) is 4.79 Å². The number of benzene rings is 1. The van der Waals surface area contributed by atoms with Crippen molar-refractivity contribution in [1.82, 2.24) is 15.8 Å². The van der Waals surface area contributed by atoms with Crippen LogP contribution in [0.5, 0.6) is 0 Å². The first-order chi connectivity index (χ1) is 10.2. The number of hydrogen-bond donors (Lipinski definition) is 3. The number of hydrogen-bond acceptors (Lipinski definition) is 4. The van der Waals surface area contributed by atoms with E-state index >= 15 is 0 Å². The quantitative estimate of drug-likeness (QED) is 0.758. The Morgan fingerprint density at radius 2 is 2.14 bits per heavy atom. The summed E-state index contributed by atoms with van der Waals surface area (Å²) in [5.74, 6) is 0.668. The maximum absolute atomic E-state index is 11.6. The van der Waals surface area contributed by atoms with E-state index in [1.165, 1.54) is 0 Å². The summed E-state index contributed by atoms with van der Waals surface area (Å²) in [6, 6.07) is 11.1. The fraction of sp³-hybridized carbons (Fsp3) is 0.333. The molecule has 0 unspecified atom stereocenters. The molecule has 1 heterocycles. The van der Waals surface area contributed by atoms with Gasteiger partial charge < -0.3 is 20.3 Å². The van der Waals surface area contributed by atoms with Crippen LogP contribution in [0.3, 0.4) is 0 Å². The van der Waals surface area contributed by atoms with Gasteiger partial charge >= 0.3 is 6.03 Å². The predicted molar refractivity (Wildman–Crippen MR) is 78.5 cm³/mol. The van der Waals surface area contributed by atoms with Crippen LogP contribution in [-0.4, -0.2) is 28.9 Å². The molecule has 2 aromatic rings. The molecule has 0 saturated carbocycles. The first kappa shape index (κ1) is 15.1. The number of amides is 2. The van der Waals surface area contributed by atoms with Crippen LogP contribution in [-0.2, 0) is 6.54 Å². The zero-order chi connectivity index (χ0) is 15.1. The van der Waals surface area contributed by atoms with E-state index in [1.54, 1.807) is 6.07 Å². The summed E-state index contributed by atoms with van der Waals surface area (Å²) in [5.41, 5.74) is 1.59. The predicted octanol–water partition coefficient (Wildman–Crippen LogP) is 1.91. The third kappa shape index (κ3) is 4.61. The Labute approximate surface area is 123 Å². The summed E-state index contributed by atoms with van der Waals surface area (Å²) in [7, 11) is 0. The SMILES string of the molecule is C[C@H](CCO)NC(=O)NCc1cc(-c2ccccc2)on1. The Morgan fingerprint density at radius 3 is 2.86 bits per heavy atom. The standard InChI is InChI=1S/C15H19N3O3/c1-11(7-8-19)17-15(20)16-10-13-9-14(21-18-13)12-5-3-2-4-6-12/h2-6,9,11,19H,7-8,10H2,1H3,(H2,16,17,20)/t11-/m1/s1. The lowest BCUT2D eigenvalue weighted by atomic mass is 10.2. The number of rotatable bonds is 6. The first-order valence-electron chi connectivity index (χ1n) is 6.85. The van der Waals surface area contributed by atoms with Crippen LogP contribution in [0, 0.1) is 0 Å². The van der Waals surface area contributed by atoms with E-state index in [0.29, 0.717) is 17.9 Å². The number of urea groups is 1. The highest BCUT2D eigenvalue weighted by Gasteiger charge is 2.09. The van der Waals surface area contributed by atoms with E-state index in [1.807, 2.05) is 37.3 Å². The zero-order valence-corrected chi connectivity index (χ0v) is 11.9. The minimum Gasteiger partial charge on any atom is -0.396 e. The van der Waals surface area contributed by atoms with E-state index in [-0.39, 0.29) is 25.2 Å². The highest BCUT2D eigenvalue weighted by atomic mass is 16.5. The number of carbonyl (C=O) groups excluding carboxylic acids is 1. The van der Waals surface area contributed by atoms with Gasteiger partial charge in [-0.1, -0.05) is 35.5 Å². The van der Waals surface area contributed by atoms with Gasteiger partial charge in [-0.15, -0.1) is 0 Å². The number of nitrogens with one attached hydrogen (secondary N) is 2. The number of carbonyl (C=O) groups is 1. The molecule has 0 fully saturated rings. The van der Waals surface area contributed by atoms with Gasteiger partial charge in [0.2, 0.25) is 0 Å². The van der Waals surface area contributed by atoms with Crippen molar-refractivity contribution in [1.29, 1.82) is 0 Å². The highest BCUT2D eigenvalue weighted by molar-refractivity contribution is 5.74. The minimum absolute atomic E-state index is 0.0468. The Kier molecular flexibility index (Phi) is 5.34. The number of nitrogens with zero attached hydrogens (tertiary/aromatic N) is 1. The van der Waals surface area contributed by atoms with Gasteiger partial charge in [0.15, 0.2) is 5.76 Å². The Hall–Kier alpha value is -2.34. The van der Waals surface area contributed by atoms with Crippen LogP contribution in [0.2, 0.25) is 0 Å². The van der Waals surface area contributed by atoms with Crippen LogP contribution in [0.1, 0.15) is 19.0 Å². The van der Waals surface area contributed by atoms with Crippen molar-refractivity contribution >= 4 is 6.03 Å². The lowest BCUT2D eigenvalue weighted by Gasteiger charge is -2.12. The van der Waals surface area contributed by atoms with Crippen LogP contribution < -0.4 is 10.6 Å². The van der Waals surface area contributed by atoms with Crippen LogP contribution >= 0.6 is 0 Å². The first-order valence-corrected chi connectivity index (χ1v) is 6.85. The summed E-state index contributed by atoms with van der Waals surface area (Å²) < 4.78 is 5.25. The van der Waals surface area contributed by atoms with Gasteiger partial charge in [0.25, 0.3) is 0 Å². The Bertz CT molecular complexity index is 569. The number of aliphatic hydroxyl groups is 1. The van der Waals surface area contributed by atoms with E-state index in [4.69, 9.17) is 9.63 Å². The van der Waals surface area contributed by atoms with Crippen molar-refractivity contribution < 1.29 is 14.4 Å².